The minimum absolute atomic E-state index is 0.323. The number of nitrogens with zero attached hydrogens (tertiary/aromatic N) is 3. The van der Waals surface area contributed by atoms with Gasteiger partial charge in [-0.25, -0.2) is 9.37 Å². The average Bonchev–Trinajstić information content (AvgIpc) is 3.01. The van der Waals surface area contributed by atoms with E-state index >= 15 is 0 Å². The van der Waals surface area contributed by atoms with Gasteiger partial charge in [-0.2, -0.15) is 4.98 Å². The Balaban J connectivity index is 1.69. The third-order valence-electron chi connectivity index (χ3n) is 4.12. The van der Waals surface area contributed by atoms with Gasteiger partial charge in [0.15, 0.2) is 0 Å². The number of fused-ring (bicyclic) bond motifs is 1. The van der Waals surface area contributed by atoms with Gasteiger partial charge in [0.25, 0.3) is 0 Å². The highest BCUT2D eigenvalue weighted by Gasteiger charge is 2.21. The Kier molecular flexibility index (Phi) is 3.61. The van der Waals surface area contributed by atoms with E-state index in [1.807, 2.05) is 19.1 Å². The van der Waals surface area contributed by atoms with Crippen LogP contribution >= 0.6 is 0 Å². The Bertz CT molecular complexity index is 894. The average molecular weight is 320 g/mol. The molecule has 2 aromatic carbocycles. The molecule has 0 atom stereocenters. The number of halogens is 1. The van der Waals surface area contributed by atoms with Crippen molar-refractivity contribution in [1.29, 1.82) is 0 Å². The highest BCUT2D eigenvalue weighted by atomic mass is 19.1. The lowest BCUT2D eigenvalue weighted by Gasteiger charge is -2.19. The summed E-state index contributed by atoms with van der Waals surface area (Å²) in [6.07, 6.45) is 0.995. The van der Waals surface area contributed by atoms with E-state index in [4.69, 9.17) is 0 Å². The summed E-state index contributed by atoms with van der Waals surface area (Å²) in [5, 5.41) is 2.98. The molecular formula is C19H17FN4. The number of benzene rings is 2. The summed E-state index contributed by atoms with van der Waals surface area (Å²) in [5.41, 5.74) is 3.70. The van der Waals surface area contributed by atoms with Gasteiger partial charge >= 0.3 is 0 Å². The van der Waals surface area contributed by atoms with E-state index in [2.05, 4.69) is 38.4 Å². The lowest BCUT2D eigenvalue weighted by Crippen LogP contribution is -2.16. The predicted octanol–water partition coefficient (Wildman–Crippen LogP) is 4.36. The van der Waals surface area contributed by atoms with Crippen molar-refractivity contribution in [3.05, 3.63) is 71.7 Å². The van der Waals surface area contributed by atoms with Crippen LogP contribution in [0.15, 0.2) is 54.6 Å². The van der Waals surface area contributed by atoms with Gasteiger partial charge in [0, 0.05) is 24.0 Å². The second kappa shape index (κ2) is 5.92. The van der Waals surface area contributed by atoms with E-state index in [0.29, 0.717) is 11.6 Å². The third kappa shape index (κ3) is 2.69. The van der Waals surface area contributed by atoms with E-state index in [0.717, 1.165) is 24.5 Å². The normalized spacial score (nSPS) is 13.0. The van der Waals surface area contributed by atoms with Crippen LogP contribution in [0.25, 0.3) is 0 Å². The quantitative estimate of drug-likeness (QED) is 0.778. The van der Waals surface area contributed by atoms with Crippen LogP contribution in [0, 0.1) is 12.7 Å². The van der Waals surface area contributed by atoms with Crippen LogP contribution in [0.5, 0.6) is 0 Å². The highest BCUT2D eigenvalue weighted by molar-refractivity contribution is 5.68. The number of aromatic nitrogens is 2. The first-order chi connectivity index (χ1) is 11.7. The van der Waals surface area contributed by atoms with Crippen molar-refractivity contribution >= 4 is 23.1 Å². The molecule has 0 saturated heterocycles. The van der Waals surface area contributed by atoms with Gasteiger partial charge in [0.1, 0.15) is 11.6 Å². The Labute approximate surface area is 140 Å². The fraction of sp³-hybridized carbons (Fsp3) is 0.158. The largest absolute Gasteiger partial charge is 0.326 e. The minimum atomic E-state index is -0.323. The first kappa shape index (κ1) is 14.6. The maximum absolute atomic E-state index is 13.8. The molecule has 1 aliphatic heterocycles. The van der Waals surface area contributed by atoms with Crippen LogP contribution in [0.4, 0.5) is 27.5 Å². The monoisotopic (exact) mass is 320 g/mol. The zero-order valence-corrected chi connectivity index (χ0v) is 13.3. The summed E-state index contributed by atoms with van der Waals surface area (Å²) < 4.78 is 13.8. The Morgan fingerprint density at radius 3 is 2.71 bits per heavy atom. The van der Waals surface area contributed by atoms with Crippen molar-refractivity contribution < 1.29 is 4.39 Å². The predicted molar refractivity (Wildman–Crippen MR) is 93.6 cm³/mol. The van der Waals surface area contributed by atoms with Crippen molar-refractivity contribution in [2.75, 3.05) is 16.8 Å². The maximum atomic E-state index is 13.8. The molecule has 0 amide bonds. The van der Waals surface area contributed by atoms with E-state index in [1.165, 1.54) is 17.3 Å². The molecule has 4 nitrogen and oxygen atoms in total. The molecule has 0 spiro atoms. The molecule has 4 rings (SSSR count). The van der Waals surface area contributed by atoms with Crippen LogP contribution in [0.3, 0.4) is 0 Å². The van der Waals surface area contributed by atoms with Gasteiger partial charge in [-0.05, 0) is 37.1 Å². The van der Waals surface area contributed by atoms with Crippen molar-refractivity contribution in [2.24, 2.45) is 0 Å². The molecule has 120 valence electrons. The zero-order valence-electron chi connectivity index (χ0n) is 13.3. The van der Waals surface area contributed by atoms with Crippen molar-refractivity contribution in [3.63, 3.8) is 0 Å². The third-order valence-corrected chi connectivity index (χ3v) is 4.12. The van der Waals surface area contributed by atoms with E-state index in [9.17, 15) is 4.39 Å². The summed E-state index contributed by atoms with van der Waals surface area (Å²) in [6.45, 7) is 2.80. The smallest absolute Gasteiger partial charge is 0.229 e. The van der Waals surface area contributed by atoms with E-state index in [-0.39, 0.29) is 5.82 Å². The molecule has 0 unspecified atom stereocenters. The molecule has 0 saturated carbocycles. The summed E-state index contributed by atoms with van der Waals surface area (Å²) in [5.74, 6) is 0.904. The summed E-state index contributed by atoms with van der Waals surface area (Å²) in [4.78, 5) is 11.1. The van der Waals surface area contributed by atoms with Gasteiger partial charge < -0.3 is 10.2 Å². The molecule has 0 aliphatic carbocycles. The Morgan fingerprint density at radius 1 is 1.04 bits per heavy atom. The van der Waals surface area contributed by atoms with Gasteiger partial charge in [0.2, 0.25) is 5.95 Å². The van der Waals surface area contributed by atoms with Gasteiger partial charge in [-0.15, -0.1) is 0 Å². The topological polar surface area (TPSA) is 41.1 Å². The van der Waals surface area contributed by atoms with Crippen LogP contribution in [-0.2, 0) is 6.42 Å². The van der Waals surface area contributed by atoms with E-state index in [1.54, 1.807) is 18.2 Å². The SMILES string of the molecule is Cc1cc(N2CCc3ccccc32)nc(Nc2ccccc2F)n1. The second-order valence-corrected chi connectivity index (χ2v) is 5.83. The molecule has 2 heterocycles. The van der Waals surface area contributed by atoms with Crippen molar-refractivity contribution in [3.8, 4) is 0 Å². The van der Waals surface area contributed by atoms with Crippen LogP contribution in [0.1, 0.15) is 11.3 Å². The fourth-order valence-corrected chi connectivity index (χ4v) is 3.01. The van der Waals surface area contributed by atoms with Crippen LogP contribution < -0.4 is 10.2 Å². The molecule has 0 bridgehead atoms. The minimum Gasteiger partial charge on any atom is -0.326 e. The zero-order chi connectivity index (χ0) is 16.5. The molecule has 0 radical (unpaired) electrons. The molecule has 5 heteroatoms. The summed E-state index contributed by atoms with van der Waals surface area (Å²) in [7, 11) is 0. The Hall–Kier alpha value is -2.95. The summed E-state index contributed by atoms with van der Waals surface area (Å²) >= 11 is 0. The molecule has 1 aromatic heterocycles. The van der Waals surface area contributed by atoms with Gasteiger partial charge in [0.05, 0.1) is 5.69 Å². The number of nitrogens with one attached hydrogen (secondary N) is 1. The number of rotatable bonds is 3. The maximum Gasteiger partial charge on any atom is 0.229 e. The molecule has 0 fully saturated rings. The van der Waals surface area contributed by atoms with Crippen LogP contribution in [0.2, 0.25) is 0 Å². The molecule has 1 aliphatic rings. The number of hydrogen-bond acceptors (Lipinski definition) is 4. The van der Waals surface area contributed by atoms with Gasteiger partial charge in [-0.3, -0.25) is 0 Å². The van der Waals surface area contributed by atoms with Crippen molar-refractivity contribution in [2.45, 2.75) is 13.3 Å². The number of aryl methyl sites for hydroxylation is 1. The molecule has 1 N–H and O–H groups in total. The lowest BCUT2D eigenvalue weighted by molar-refractivity contribution is 0.631. The van der Waals surface area contributed by atoms with Crippen molar-refractivity contribution in [1.82, 2.24) is 9.97 Å². The van der Waals surface area contributed by atoms with E-state index < -0.39 is 0 Å². The first-order valence-electron chi connectivity index (χ1n) is 7.93. The number of hydrogen-bond donors (Lipinski definition) is 1. The fourth-order valence-electron chi connectivity index (χ4n) is 3.01. The standard InChI is InChI=1S/C19H17FN4/c1-13-12-18(24-11-10-14-6-2-5-9-17(14)24)23-19(21-13)22-16-8-4-3-7-15(16)20/h2-9,12H,10-11H2,1H3,(H,21,22,23). The number of anilines is 4. The van der Waals surface area contributed by atoms with Crippen LogP contribution in [-0.4, -0.2) is 16.5 Å². The first-order valence-corrected chi connectivity index (χ1v) is 7.93. The summed E-state index contributed by atoms with van der Waals surface area (Å²) in [6, 6.07) is 16.8. The molecule has 24 heavy (non-hydrogen) atoms. The lowest BCUT2D eigenvalue weighted by atomic mass is 10.2. The molecular weight excluding hydrogens is 303 g/mol. The Morgan fingerprint density at radius 2 is 1.83 bits per heavy atom. The molecule has 3 aromatic rings. The number of para-hydroxylation sites is 2. The highest BCUT2D eigenvalue weighted by Crippen LogP contribution is 2.34. The van der Waals surface area contributed by atoms with Gasteiger partial charge in [-0.1, -0.05) is 30.3 Å². The second-order valence-electron chi connectivity index (χ2n) is 5.83.